The van der Waals surface area contributed by atoms with E-state index in [9.17, 15) is 4.79 Å². The molecule has 3 heteroatoms. The number of carbonyl (C=O) groups is 1. The van der Waals surface area contributed by atoms with Crippen molar-refractivity contribution in [2.45, 2.75) is 57.8 Å². The highest BCUT2D eigenvalue weighted by atomic mass is 16.6. The van der Waals surface area contributed by atoms with Crippen LogP contribution in [-0.2, 0) is 14.3 Å². The third kappa shape index (κ3) is 2.66. The maximum absolute atomic E-state index is 11.9. The molecular formula is C16H20O3. The Bertz CT molecular complexity index is 489. The summed E-state index contributed by atoms with van der Waals surface area (Å²) in [7, 11) is 0. The number of epoxide rings is 1. The van der Waals surface area contributed by atoms with E-state index in [1.165, 1.54) is 24.0 Å². The maximum Gasteiger partial charge on any atom is 0.338 e. The predicted molar refractivity (Wildman–Crippen MR) is 71.9 cm³/mol. The highest BCUT2D eigenvalue weighted by Crippen LogP contribution is 2.40. The number of ether oxygens (including phenoxy) is 2. The van der Waals surface area contributed by atoms with Crippen molar-refractivity contribution in [3.05, 3.63) is 34.9 Å². The highest BCUT2D eigenvalue weighted by molar-refractivity contribution is 5.78. The quantitative estimate of drug-likeness (QED) is 0.618. The van der Waals surface area contributed by atoms with Gasteiger partial charge in [-0.25, -0.2) is 4.79 Å². The fourth-order valence-electron chi connectivity index (χ4n) is 2.72. The van der Waals surface area contributed by atoms with Crippen molar-refractivity contribution < 1.29 is 14.3 Å². The lowest BCUT2D eigenvalue weighted by atomic mass is 10.0. The zero-order valence-electron chi connectivity index (χ0n) is 11.5. The zero-order valence-corrected chi connectivity index (χ0v) is 11.5. The second-order valence-corrected chi connectivity index (χ2v) is 5.66. The Morgan fingerprint density at radius 2 is 1.95 bits per heavy atom. The molecule has 1 aromatic rings. The van der Waals surface area contributed by atoms with Crippen LogP contribution < -0.4 is 0 Å². The summed E-state index contributed by atoms with van der Waals surface area (Å²) < 4.78 is 11.0. The number of hydrogen-bond acceptors (Lipinski definition) is 3. The van der Waals surface area contributed by atoms with Crippen molar-refractivity contribution in [3.8, 4) is 0 Å². The van der Waals surface area contributed by atoms with E-state index < -0.39 is 0 Å². The average molecular weight is 260 g/mol. The molecule has 0 N–H and O–H groups in total. The van der Waals surface area contributed by atoms with Crippen LogP contribution >= 0.6 is 0 Å². The molecule has 3 nitrogen and oxygen atoms in total. The smallest absolute Gasteiger partial charge is 0.338 e. The Hall–Kier alpha value is -1.35. The van der Waals surface area contributed by atoms with Crippen LogP contribution in [0.5, 0.6) is 0 Å². The van der Waals surface area contributed by atoms with Gasteiger partial charge in [0.05, 0.1) is 0 Å². The van der Waals surface area contributed by atoms with Gasteiger partial charge in [0, 0.05) is 0 Å². The van der Waals surface area contributed by atoms with E-state index in [1.54, 1.807) is 0 Å². The summed E-state index contributed by atoms with van der Waals surface area (Å²) in [6.07, 6.45) is 3.99. The Balaban J connectivity index is 1.60. The van der Waals surface area contributed by atoms with Crippen LogP contribution in [0, 0.1) is 13.8 Å². The van der Waals surface area contributed by atoms with E-state index in [0.717, 1.165) is 18.4 Å². The number of esters is 1. The number of rotatable bonds is 3. The normalized spacial score (nSPS) is 26.4. The molecule has 0 spiro atoms. The van der Waals surface area contributed by atoms with E-state index in [2.05, 4.69) is 26.0 Å². The van der Waals surface area contributed by atoms with Crippen molar-refractivity contribution in [1.82, 2.24) is 0 Å². The van der Waals surface area contributed by atoms with E-state index in [0.29, 0.717) is 0 Å². The first kappa shape index (κ1) is 12.7. The number of aryl methyl sites for hydroxylation is 2. The minimum Gasteiger partial charge on any atom is -0.460 e. The maximum atomic E-state index is 11.9. The van der Waals surface area contributed by atoms with Crippen LogP contribution in [0.15, 0.2) is 18.2 Å². The lowest BCUT2D eigenvalue weighted by Crippen LogP contribution is -2.19. The number of hydrogen-bond donors (Lipinski definition) is 0. The summed E-state index contributed by atoms with van der Waals surface area (Å²) in [6.45, 7) is 4.16. The van der Waals surface area contributed by atoms with Crippen LogP contribution in [0.4, 0.5) is 0 Å². The molecule has 1 aliphatic carbocycles. The van der Waals surface area contributed by atoms with Gasteiger partial charge in [-0.05, 0) is 56.2 Å². The third-order valence-electron chi connectivity index (χ3n) is 4.17. The van der Waals surface area contributed by atoms with Gasteiger partial charge < -0.3 is 9.47 Å². The van der Waals surface area contributed by atoms with Crippen molar-refractivity contribution in [2.24, 2.45) is 0 Å². The van der Waals surface area contributed by atoms with Crippen LogP contribution in [-0.4, -0.2) is 18.2 Å². The second kappa shape index (κ2) is 4.97. The first-order valence-corrected chi connectivity index (χ1v) is 7.08. The summed E-state index contributed by atoms with van der Waals surface area (Å²) in [6, 6.07) is 6.21. The van der Waals surface area contributed by atoms with Crippen LogP contribution in [0.1, 0.15) is 48.5 Å². The van der Waals surface area contributed by atoms with Crippen LogP contribution in [0.2, 0.25) is 0 Å². The number of benzene rings is 1. The Kier molecular flexibility index (Phi) is 3.31. The molecule has 19 heavy (non-hydrogen) atoms. The Morgan fingerprint density at radius 1 is 1.21 bits per heavy atom. The Morgan fingerprint density at radius 3 is 2.63 bits per heavy atom. The molecule has 1 heterocycles. The fourth-order valence-corrected chi connectivity index (χ4v) is 2.72. The van der Waals surface area contributed by atoms with Gasteiger partial charge in [-0.3, -0.25) is 0 Å². The van der Waals surface area contributed by atoms with Gasteiger partial charge in [0.15, 0.2) is 6.10 Å². The molecule has 1 aliphatic heterocycles. The molecule has 0 amide bonds. The molecule has 1 saturated carbocycles. The molecule has 0 aromatic heterocycles. The van der Waals surface area contributed by atoms with Gasteiger partial charge in [-0.2, -0.15) is 0 Å². The fraction of sp³-hybridized carbons (Fsp3) is 0.562. The van der Waals surface area contributed by atoms with E-state index in [4.69, 9.17) is 9.47 Å². The molecule has 2 atom stereocenters. The second-order valence-electron chi connectivity index (χ2n) is 5.66. The lowest BCUT2D eigenvalue weighted by molar-refractivity contribution is -0.150. The SMILES string of the molecule is Cc1ccc(C2OC2C(=O)OC2CCCC2)cc1C. The number of carbonyl (C=O) groups excluding carboxylic acids is 1. The van der Waals surface area contributed by atoms with Gasteiger partial charge in [-0.15, -0.1) is 0 Å². The molecule has 2 aliphatic rings. The van der Waals surface area contributed by atoms with Gasteiger partial charge in [0.2, 0.25) is 0 Å². The minimum absolute atomic E-state index is 0.104. The standard InChI is InChI=1S/C16H20O3/c1-10-7-8-12(9-11(10)2)14-15(19-14)16(17)18-13-5-3-4-6-13/h7-9,13-15H,3-6H2,1-2H3. The largest absolute Gasteiger partial charge is 0.460 e. The topological polar surface area (TPSA) is 38.8 Å². The van der Waals surface area contributed by atoms with Gasteiger partial charge in [-0.1, -0.05) is 18.2 Å². The summed E-state index contributed by atoms with van der Waals surface area (Å²) in [4.78, 5) is 11.9. The van der Waals surface area contributed by atoms with E-state index in [1.807, 2.05) is 6.07 Å². The summed E-state index contributed by atoms with van der Waals surface area (Å²) in [5.41, 5.74) is 3.57. The first-order valence-electron chi connectivity index (χ1n) is 7.08. The molecule has 0 radical (unpaired) electrons. The molecule has 3 rings (SSSR count). The van der Waals surface area contributed by atoms with Gasteiger partial charge >= 0.3 is 5.97 Å². The molecular weight excluding hydrogens is 240 g/mol. The summed E-state index contributed by atoms with van der Waals surface area (Å²) in [5, 5.41) is 0. The summed E-state index contributed by atoms with van der Waals surface area (Å²) in [5.74, 6) is -0.185. The molecule has 2 fully saturated rings. The Labute approximate surface area is 113 Å². The molecule has 102 valence electrons. The molecule has 1 saturated heterocycles. The molecule has 2 unspecified atom stereocenters. The van der Waals surface area contributed by atoms with Crippen LogP contribution in [0.3, 0.4) is 0 Å². The molecule has 0 bridgehead atoms. The van der Waals surface area contributed by atoms with Crippen LogP contribution in [0.25, 0.3) is 0 Å². The van der Waals surface area contributed by atoms with Crippen molar-refractivity contribution in [2.75, 3.05) is 0 Å². The van der Waals surface area contributed by atoms with Crippen molar-refractivity contribution in [1.29, 1.82) is 0 Å². The molecule has 1 aromatic carbocycles. The van der Waals surface area contributed by atoms with Gasteiger partial charge in [0.1, 0.15) is 12.2 Å². The zero-order chi connectivity index (χ0) is 13.4. The monoisotopic (exact) mass is 260 g/mol. The predicted octanol–water partition coefficient (Wildman–Crippen LogP) is 3.23. The van der Waals surface area contributed by atoms with Gasteiger partial charge in [0.25, 0.3) is 0 Å². The van der Waals surface area contributed by atoms with E-state index >= 15 is 0 Å². The minimum atomic E-state index is -0.386. The van der Waals surface area contributed by atoms with E-state index in [-0.39, 0.29) is 24.3 Å². The van der Waals surface area contributed by atoms with Crippen molar-refractivity contribution in [3.63, 3.8) is 0 Å². The lowest BCUT2D eigenvalue weighted by Gasteiger charge is -2.09. The van der Waals surface area contributed by atoms with Crippen molar-refractivity contribution >= 4 is 5.97 Å². The third-order valence-corrected chi connectivity index (χ3v) is 4.17. The average Bonchev–Trinajstić information content (AvgIpc) is 3.04. The highest BCUT2D eigenvalue weighted by Gasteiger charge is 2.48. The summed E-state index contributed by atoms with van der Waals surface area (Å²) >= 11 is 0. The first-order chi connectivity index (χ1) is 9.15.